The molecule has 0 bridgehead atoms. The minimum atomic E-state index is 0.487. The predicted octanol–water partition coefficient (Wildman–Crippen LogP) is 3.14. The summed E-state index contributed by atoms with van der Waals surface area (Å²) in [4.78, 5) is 4.67. The van der Waals surface area contributed by atoms with E-state index in [1.54, 1.807) is 14.2 Å². The number of nitrogens with zero attached hydrogens (tertiary/aromatic N) is 3. The van der Waals surface area contributed by atoms with Gasteiger partial charge < -0.3 is 20.1 Å². The summed E-state index contributed by atoms with van der Waals surface area (Å²) in [6.45, 7) is 3.87. The lowest BCUT2D eigenvalue weighted by Gasteiger charge is -2.12. The van der Waals surface area contributed by atoms with Gasteiger partial charge in [-0.3, -0.25) is 0 Å². The number of ether oxygens (including phenoxy) is 2. The average Bonchev–Trinajstić information content (AvgIpc) is 3.25. The number of hydrogen-bond acceptors (Lipinski definition) is 4. The molecule has 0 aliphatic rings. The monoisotopic (exact) mass is 393 g/mol. The Morgan fingerprint density at radius 2 is 1.86 bits per heavy atom. The van der Waals surface area contributed by atoms with E-state index in [9.17, 15) is 0 Å². The van der Waals surface area contributed by atoms with Crippen LogP contribution in [0.1, 0.15) is 18.2 Å². The number of aromatic nitrogens is 2. The maximum Gasteiger partial charge on any atom is 0.191 e. The van der Waals surface area contributed by atoms with Crippen molar-refractivity contribution < 1.29 is 9.47 Å². The number of hydrogen-bond donors (Lipinski definition) is 2. The van der Waals surface area contributed by atoms with E-state index in [1.807, 2.05) is 72.4 Å². The fraction of sp³-hybridized carbons (Fsp3) is 0.273. The Bertz CT molecular complexity index is 937. The molecule has 0 saturated heterocycles. The minimum absolute atomic E-state index is 0.487. The van der Waals surface area contributed by atoms with Crippen LogP contribution in [0.5, 0.6) is 11.5 Å². The first kappa shape index (κ1) is 20.3. The molecule has 0 aliphatic carbocycles. The summed E-state index contributed by atoms with van der Waals surface area (Å²) in [7, 11) is 3.29. The van der Waals surface area contributed by atoms with Gasteiger partial charge in [-0.05, 0) is 37.3 Å². The molecule has 2 N–H and O–H groups in total. The Kier molecular flexibility index (Phi) is 7.10. The Morgan fingerprint density at radius 3 is 2.59 bits per heavy atom. The Labute approximate surface area is 171 Å². The number of guanidine groups is 1. The zero-order chi connectivity index (χ0) is 20.5. The highest BCUT2D eigenvalue weighted by molar-refractivity contribution is 5.79. The van der Waals surface area contributed by atoms with E-state index >= 15 is 0 Å². The Balaban J connectivity index is 1.65. The van der Waals surface area contributed by atoms with Crippen molar-refractivity contribution in [1.29, 1.82) is 0 Å². The summed E-state index contributed by atoms with van der Waals surface area (Å²) in [6.07, 6.45) is 1.96. The van der Waals surface area contributed by atoms with Crippen LogP contribution < -0.4 is 20.1 Å². The fourth-order valence-corrected chi connectivity index (χ4v) is 2.84. The van der Waals surface area contributed by atoms with E-state index in [0.29, 0.717) is 13.1 Å². The molecule has 7 heteroatoms. The minimum Gasteiger partial charge on any atom is -0.497 e. The van der Waals surface area contributed by atoms with Crippen molar-refractivity contribution in [2.75, 3.05) is 20.8 Å². The van der Waals surface area contributed by atoms with E-state index in [-0.39, 0.29) is 0 Å². The van der Waals surface area contributed by atoms with Crippen molar-refractivity contribution in [3.05, 3.63) is 72.1 Å². The topological polar surface area (TPSA) is 72.7 Å². The van der Waals surface area contributed by atoms with Gasteiger partial charge in [0.2, 0.25) is 0 Å². The molecule has 0 radical (unpaired) electrons. The molecular formula is C22H27N5O2. The second-order valence-corrected chi connectivity index (χ2v) is 6.31. The van der Waals surface area contributed by atoms with Crippen molar-refractivity contribution in [2.45, 2.75) is 20.0 Å². The highest BCUT2D eigenvalue weighted by Crippen LogP contribution is 2.25. The van der Waals surface area contributed by atoms with Crippen LogP contribution in [0.2, 0.25) is 0 Å². The zero-order valence-corrected chi connectivity index (χ0v) is 17.1. The van der Waals surface area contributed by atoms with E-state index in [4.69, 9.17) is 9.47 Å². The van der Waals surface area contributed by atoms with Crippen molar-refractivity contribution >= 4 is 5.96 Å². The summed E-state index contributed by atoms with van der Waals surface area (Å²) < 4.78 is 12.6. The number of methoxy groups -OCH3 is 2. The molecule has 0 saturated carbocycles. The molecule has 3 aromatic rings. The molecule has 152 valence electrons. The highest BCUT2D eigenvalue weighted by Gasteiger charge is 2.06. The first-order valence-electron chi connectivity index (χ1n) is 9.56. The van der Waals surface area contributed by atoms with Gasteiger partial charge in [0, 0.05) is 24.4 Å². The van der Waals surface area contributed by atoms with Crippen LogP contribution >= 0.6 is 0 Å². The molecule has 0 amide bonds. The van der Waals surface area contributed by atoms with E-state index in [0.717, 1.165) is 40.9 Å². The van der Waals surface area contributed by atoms with Gasteiger partial charge in [0.25, 0.3) is 0 Å². The van der Waals surface area contributed by atoms with Crippen molar-refractivity contribution in [1.82, 2.24) is 20.4 Å². The van der Waals surface area contributed by atoms with Gasteiger partial charge in [-0.15, -0.1) is 0 Å². The molecule has 0 fully saturated rings. The van der Waals surface area contributed by atoms with Gasteiger partial charge in [0.05, 0.1) is 38.7 Å². The second-order valence-electron chi connectivity index (χ2n) is 6.31. The van der Waals surface area contributed by atoms with E-state index in [2.05, 4.69) is 20.7 Å². The lowest BCUT2D eigenvalue weighted by atomic mass is 10.2. The first-order valence-corrected chi connectivity index (χ1v) is 9.56. The molecule has 3 rings (SSSR count). The van der Waals surface area contributed by atoms with Gasteiger partial charge in [-0.1, -0.05) is 18.2 Å². The lowest BCUT2D eigenvalue weighted by molar-refractivity contribution is 0.391. The van der Waals surface area contributed by atoms with Crippen molar-refractivity contribution in [2.24, 2.45) is 4.99 Å². The Morgan fingerprint density at radius 1 is 1.03 bits per heavy atom. The summed E-state index contributed by atoms with van der Waals surface area (Å²) >= 11 is 0. The Hall–Kier alpha value is -3.48. The molecule has 0 aliphatic heterocycles. The highest BCUT2D eigenvalue weighted by atomic mass is 16.5. The first-order chi connectivity index (χ1) is 14.2. The molecule has 1 aromatic heterocycles. The van der Waals surface area contributed by atoms with Crippen molar-refractivity contribution in [3.63, 3.8) is 0 Å². The predicted molar refractivity (Wildman–Crippen MR) is 115 cm³/mol. The summed E-state index contributed by atoms with van der Waals surface area (Å²) in [6, 6.07) is 17.8. The zero-order valence-electron chi connectivity index (χ0n) is 17.1. The van der Waals surface area contributed by atoms with E-state index in [1.165, 1.54) is 0 Å². The number of para-hydroxylation sites is 1. The number of rotatable bonds is 8. The summed E-state index contributed by atoms with van der Waals surface area (Å²) in [5.41, 5.74) is 2.95. The molecule has 2 aromatic carbocycles. The van der Waals surface area contributed by atoms with Gasteiger partial charge >= 0.3 is 0 Å². The van der Waals surface area contributed by atoms with Gasteiger partial charge in [0.15, 0.2) is 5.96 Å². The normalized spacial score (nSPS) is 11.2. The number of aliphatic imine (C=N–C) groups is 1. The summed E-state index contributed by atoms with van der Waals surface area (Å²) in [5, 5.41) is 11.2. The molecule has 0 spiro atoms. The van der Waals surface area contributed by atoms with Crippen LogP contribution in [0.15, 0.2) is 65.8 Å². The van der Waals surface area contributed by atoms with E-state index < -0.39 is 0 Å². The molecule has 0 unspecified atom stereocenters. The van der Waals surface area contributed by atoms with Crippen LogP contribution in [0, 0.1) is 0 Å². The molecular weight excluding hydrogens is 366 g/mol. The molecule has 7 nitrogen and oxygen atoms in total. The van der Waals surface area contributed by atoms with Crippen LogP contribution in [-0.2, 0) is 13.1 Å². The SMILES string of the molecule is CCNC(=NCc1ccc(OC)cc1OC)NCc1ccn(-c2ccccc2)n1. The van der Waals surface area contributed by atoms with Crippen LogP contribution in [0.25, 0.3) is 5.69 Å². The van der Waals surface area contributed by atoms with Crippen LogP contribution in [0.4, 0.5) is 0 Å². The fourth-order valence-electron chi connectivity index (χ4n) is 2.84. The average molecular weight is 393 g/mol. The quantitative estimate of drug-likeness (QED) is 0.454. The van der Waals surface area contributed by atoms with Gasteiger partial charge in [-0.2, -0.15) is 5.10 Å². The largest absolute Gasteiger partial charge is 0.497 e. The van der Waals surface area contributed by atoms with Crippen LogP contribution in [0.3, 0.4) is 0 Å². The summed E-state index contributed by atoms with van der Waals surface area (Å²) in [5.74, 6) is 2.23. The number of benzene rings is 2. The maximum atomic E-state index is 5.45. The van der Waals surface area contributed by atoms with Crippen molar-refractivity contribution in [3.8, 4) is 17.2 Å². The third-order valence-corrected chi connectivity index (χ3v) is 4.35. The lowest BCUT2D eigenvalue weighted by Crippen LogP contribution is -2.36. The standard InChI is InChI=1S/C22H27N5O2/c1-4-23-22(24-15-17-10-11-20(28-2)14-21(17)29-3)25-16-18-12-13-27(26-18)19-8-6-5-7-9-19/h5-14H,4,15-16H2,1-3H3,(H2,23,24,25). The maximum absolute atomic E-state index is 5.45. The van der Waals surface area contributed by atoms with Gasteiger partial charge in [0.1, 0.15) is 11.5 Å². The number of nitrogens with one attached hydrogen (secondary N) is 2. The third kappa shape index (κ3) is 5.51. The van der Waals surface area contributed by atoms with Crippen LogP contribution in [-0.4, -0.2) is 36.5 Å². The van der Waals surface area contributed by atoms with Gasteiger partial charge in [-0.25, -0.2) is 9.67 Å². The second kappa shape index (κ2) is 10.2. The third-order valence-electron chi connectivity index (χ3n) is 4.35. The molecule has 1 heterocycles. The molecule has 0 atom stereocenters. The smallest absolute Gasteiger partial charge is 0.191 e. The molecule has 29 heavy (non-hydrogen) atoms.